The summed E-state index contributed by atoms with van der Waals surface area (Å²) < 4.78 is 6.12. The molecule has 0 spiro atoms. The van der Waals surface area contributed by atoms with Crippen molar-refractivity contribution in [2.45, 2.75) is 57.7 Å². The highest BCUT2D eigenvalue weighted by Crippen LogP contribution is 2.33. The van der Waals surface area contributed by atoms with Crippen LogP contribution in [0.5, 0.6) is 5.75 Å². The molecular weight excluding hydrogens is 296 g/mol. The monoisotopic (exact) mass is 322 g/mol. The van der Waals surface area contributed by atoms with E-state index < -0.39 is 0 Å². The Hall–Kier alpha value is -1.87. The molecule has 1 saturated carbocycles. The van der Waals surface area contributed by atoms with Crippen molar-refractivity contribution < 1.29 is 4.74 Å². The Bertz CT molecular complexity index is 679. The summed E-state index contributed by atoms with van der Waals surface area (Å²) in [7, 11) is 0. The minimum Gasteiger partial charge on any atom is -0.492 e. The number of aromatic nitrogens is 1. The van der Waals surface area contributed by atoms with E-state index in [-0.39, 0.29) is 0 Å². The van der Waals surface area contributed by atoms with Crippen molar-refractivity contribution in [2.75, 3.05) is 6.61 Å². The highest BCUT2D eigenvalue weighted by molar-refractivity contribution is 5.65. The van der Waals surface area contributed by atoms with E-state index in [1.807, 2.05) is 12.4 Å². The molecule has 2 aromatic rings. The number of hydrogen-bond donors (Lipinski definition) is 0. The predicted octanol–water partition coefficient (Wildman–Crippen LogP) is 4.66. The van der Waals surface area contributed by atoms with E-state index in [0.29, 0.717) is 12.1 Å². The lowest BCUT2D eigenvalue weighted by Gasteiger charge is -2.37. The van der Waals surface area contributed by atoms with Gasteiger partial charge in [-0.3, -0.25) is 9.88 Å². The summed E-state index contributed by atoms with van der Waals surface area (Å²) in [4.78, 5) is 6.81. The van der Waals surface area contributed by atoms with E-state index in [1.54, 1.807) is 0 Å². The maximum absolute atomic E-state index is 6.12. The Labute approximate surface area is 144 Å². The fourth-order valence-corrected chi connectivity index (χ4v) is 4.13. The molecule has 0 N–H and O–H groups in total. The Morgan fingerprint density at radius 2 is 1.79 bits per heavy atom. The first-order valence-corrected chi connectivity index (χ1v) is 9.23. The van der Waals surface area contributed by atoms with Crippen LogP contribution in [0.25, 0.3) is 11.1 Å². The third kappa shape index (κ3) is 3.18. The van der Waals surface area contributed by atoms with E-state index in [4.69, 9.17) is 4.74 Å². The lowest BCUT2D eigenvalue weighted by atomic mass is 9.92. The molecule has 2 aliphatic rings. The number of ether oxygens (including phenoxy) is 1. The summed E-state index contributed by atoms with van der Waals surface area (Å²) in [5.74, 6) is 1.05. The molecule has 1 aliphatic heterocycles. The number of fused-ring (bicyclic) bond motifs is 1. The predicted molar refractivity (Wildman–Crippen MR) is 97.0 cm³/mol. The summed E-state index contributed by atoms with van der Waals surface area (Å²) in [6, 6.07) is 11.9. The highest BCUT2D eigenvalue weighted by Gasteiger charge is 2.29. The lowest BCUT2D eigenvalue weighted by Crippen LogP contribution is -2.43. The molecule has 0 unspecified atom stereocenters. The van der Waals surface area contributed by atoms with Gasteiger partial charge in [-0.2, -0.15) is 0 Å². The van der Waals surface area contributed by atoms with Crippen LogP contribution >= 0.6 is 0 Å². The van der Waals surface area contributed by atoms with Crippen molar-refractivity contribution >= 4 is 0 Å². The molecule has 1 fully saturated rings. The van der Waals surface area contributed by atoms with Gasteiger partial charge in [0.1, 0.15) is 12.4 Å². The van der Waals surface area contributed by atoms with Crippen LogP contribution in [0.15, 0.2) is 42.7 Å². The Balaban J connectivity index is 1.63. The molecule has 1 atom stereocenters. The average Bonchev–Trinajstić information content (AvgIpc) is 2.82. The topological polar surface area (TPSA) is 25.4 Å². The molecule has 2 heterocycles. The van der Waals surface area contributed by atoms with Crippen LogP contribution in [-0.4, -0.2) is 28.6 Å². The van der Waals surface area contributed by atoms with E-state index in [9.17, 15) is 0 Å². The van der Waals surface area contributed by atoms with E-state index in [2.05, 4.69) is 47.1 Å². The molecule has 0 radical (unpaired) electrons. The van der Waals surface area contributed by atoms with Crippen molar-refractivity contribution in [1.82, 2.24) is 9.88 Å². The van der Waals surface area contributed by atoms with Crippen LogP contribution in [0.1, 0.15) is 44.6 Å². The van der Waals surface area contributed by atoms with Gasteiger partial charge in [0.05, 0.1) is 0 Å². The standard InChI is InChI=1S/C21H26N2O/c1-16-15-24-21-8-7-18(17-9-11-22-12-10-17)13-19(21)14-23(16)20-5-3-2-4-6-20/h7-13,16,20H,2-6,14-15H2,1H3/t16-/m0/s1. The molecule has 24 heavy (non-hydrogen) atoms. The molecule has 3 heteroatoms. The number of nitrogens with zero attached hydrogens (tertiary/aromatic N) is 2. The number of rotatable bonds is 2. The van der Waals surface area contributed by atoms with Crippen LogP contribution in [-0.2, 0) is 6.54 Å². The zero-order valence-corrected chi connectivity index (χ0v) is 14.4. The average molecular weight is 322 g/mol. The van der Waals surface area contributed by atoms with Crippen molar-refractivity contribution in [3.8, 4) is 16.9 Å². The van der Waals surface area contributed by atoms with Crippen molar-refractivity contribution in [1.29, 1.82) is 0 Å². The number of pyridine rings is 1. The minimum absolute atomic E-state index is 0.477. The van der Waals surface area contributed by atoms with Crippen molar-refractivity contribution in [3.05, 3.63) is 48.3 Å². The van der Waals surface area contributed by atoms with Crippen LogP contribution in [0.2, 0.25) is 0 Å². The smallest absolute Gasteiger partial charge is 0.123 e. The van der Waals surface area contributed by atoms with Gasteiger partial charge in [-0.25, -0.2) is 0 Å². The Morgan fingerprint density at radius 3 is 2.58 bits per heavy atom. The van der Waals surface area contributed by atoms with Crippen molar-refractivity contribution in [3.63, 3.8) is 0 Å². The van der Waals surface area contributed by atoms with Gasteiger partial charge in [-0.15, -0.1) is 0 Å². The third-order valence-corrected chi connectivity index (χ3v) is 5.52. The molecule has 3 nitrogen and oxygen atoms in total. The van der Waals surface area contributed by atoms with Crippen LogP contribution < -0.4 is 4.74 Å². The highest BCUT2D eigenvalue weighted by atomic mass is 16.5. The molecule has 1 aromatic carbocycles. The second-order valence-corrected chi connectivity index (χ2v) is 7.18. The molecule has 1 aromatic heterocycles. The van der Waals surface area contributed by atoms with Crippen LogP contribution in [0, 0.1) is 0 Å². The Morgan fingerprint density at radius 1 is 1.00 bits per heavy atom. The SMILES string of the molecule is C[C@H]1COc2ccc(-c3ccncc3)cc2CN1C1CCCCC1. The van der Waals surface area contributed by atoms with Gasteiger partial charge in [-0.1, -0.05) is 25.3 Å². The van der Waals surface area contributed by atoms with Gasteiger partial charge >= 0.3 is 0 Å². The van der Waals surface area contributed by atoms with Gasteiger partial charge < -0.3 is 4.74 Å². The molecule has 0 saturated heterocycles. The normalized spacial score (nSPS) is 22.5. The first-order chi connectivity index (χ1) is 11.8. The van der Waals surface area contributed by atoms with E-state index in [0.717, 1.165) is 18.9 Å². The van der Waals surface area contributed by atoms with Gasteiger partial charge in [0.15, 0.2) is 0 Å². The summed E-state index contributed by atoms with van der Waals surface area (Å²) in [6.07, 6.45) is 10.5. The summed E-state index contributed by atoms with van der Waals surface area (Å²) in [5.41, 5.74) is 3.78. The second kappa shape index (κ2) is 6.94. The lowest BCUT2D eigenvalue weighted by molar-refractivity contribution is 0.0861. The fraction of sp³-hybridized carbons (Fsp3) is 0.476. The first kappa shape index (κ1) is 15.6. The van der Waals surface area contributed by atoms with E-state index in [1.165, 1.54) is 48.8 Å². The third-order valence-electron chi connectivity index (χ3n) is 5.52. The van der Waals surface area contributed by atoms with Crippen molar-refractivity contribution in [2.24, 2.45) is 0 Å². The van der Waals surface area contributed by atoms with Crippen LogP contribution in [0.3, 0.4) is 0 Å². The largest absolute Gasteiger partial charge is 0.492 e. The number of benzene rings is 1. The zero-order valence-electron chi connectivity index (χ0n) is 14.4. The second-order valence-electron chi connectivity index (χ2n) is 7.18. The summed E-state index contributed by atoms with van der Waals surface area (Å²) in [5, 5.41) is 0. The first-order valence-electron chi connectivity index (χ1n) is 9.23. The molecular formula is C21H26N2O. The van der Waals surface area contributed by atoms with Gasteiger partial charge in [-0.05, 0) is 55.2 Å². The minimum atomic E-state index is 0.477. The Kier molecular flexibility index (Phi) is 4.52. The molecule has 126 valence electrons. The molecule has 4 rings (SSSR count). The zero-order chi connectivity index (χ0) is 16.4. The molecule has 1 aliphatic carbocycles. The van der Waals surface area contributed by atoms with Gasteiger partial charge in [0.2, 0.25) is 0 Å². The summed E-state index contributed by atoms with van der Waals surface area (Å²) in [6.45, 7) is 4.10. The van der Waals surface area contributed by atoms with Crippen LogP contribution in [0.4, 0.5) is 0 Å². The maximum atomic E-state index is 6.12. The number of hydrogen-bond acceptors (Lipinski definition) is 3. The maximum Gasteiger partial charge on any atom is 0.123 e. The summed E-state index contributed by atoms with van der Waals surface area (Å²) >= 11 is 0. The molecule has 0 amide bonds. The quantitative estimate of drug-likeness (QED) is 0.804. The van der Waals surface area contributed by atoms with Gasteiger partial charge in [0, 0.05) is 36.6 Å². The van der Waals surface area contributed by atoms with E-state index >= 15 is 0 Å². The van der Waals surface area contributed by atoms with Gasteiger partial charge in [0.25, 0.3) is 0 Å². The fourth-order valence-electron chi connectivity index (χ4n) is 4.13. The molecule has 0 bridgehead atoms.